The van der Waals surface area contributed by atoms with Crippen LogP contribution in [0.4, 0.5) is 0 Å². The van der Waals surface area contributed by atoms with Crippen molar-refractivity contribution >= 4 is 33.3 Å². The molecule has 0 saturated heterocycles. The molecule has 2 rings (SSSR count). The first-order chi connectivity index (χ1) is 8.61. The van der Waals surface area contributed by atoms with Crippen LogP contribution in [0.25, 0.3) is 0 Å². The largest absolute Gasteiger partial charge is 0.495 e. The van der Waals surface area contributed by atoms with E-state index in [1.165, 1.54) is 13.3 Å². The van der Waals surface area contributed by atoms with Crippen LogP contribution in [-0.4, -0.2) is 17.9 Å². The van der Waals surface area contributed by atoms with Crippen molar-refractivity contribution in [2.45, 2.75) is 0 Å². The van der Waals surface area contributed by atoms with Gasteiger partial charge in [-0.2, -0.15) is 0 Å². The smallest absolute Gasteiger partial charge is 0.194 e. The molecule has 0 radical (unpaired) electrons. The Morgan fingerprint density at radius 3 is 2.72 bits per heavy atom. The minimum atomic E-state index is -0.143. The summed E-state index contributed by atoms with van der Waals surface area (Å²) in [4.78, 5) is 16.2. The zero-order chi connectivity index (χ0) is 13.1. The second-order valence-corrected chi connectivity index (χ2v) is 4.83. The van der Waals surface area contributed by atoms with Crippen LogP contribution in [0.2, 0.25) is 5.02 Å². The van der Waals surface area contributed by atoms with Crippen LogP contribution in [0, 0.1) is 0 Å². The van der Waals surface area contributed by atoms with E-state index in [1.807, 2.05) is 0 Å². The third kappa shape index (κ3) is 2.71. The molecule has 5 heteroatoms. The van der Waals surface area contributed by atoms with Gasteiger partial charge >= 0.3 is 0 Å². The number of pyridine rings is 1. The number of halogens is 2. The molecule has 0 aliphatic rings. The van der Waals surface area contributed by atoms with Gasteiger partial charge in [0.1, 0.15) is 5.75 Å². The molecule has 2 aromatic rings. The Balaban J connectivity index is 2.38. The summed E-state index contributed by atoms with van der Waals surface area (Å²) >= 11 is 9.25. The molecule has 0 spiro atoms. The lowest BCUT2D eigenvalue weighted by atomic mass is 10.1. The van der Waals surface area contributed by atoms with Gasteiger partial charge in [0, 0.05) is 21.8 Å². The molecule has 0 atom stereocenters. The molecular weight excluding hydrogens is 318 g/mol. The van der Waals surface area contributed by atoms with E-state index in [0.717, 1.165) is 4.47 Å². The predicted octanol–water partition coefficient (Wildman–Crippen LogP) is 3.74. The first-order valence-electron chi connectivity index (χ1n) is 5.10. The van der Waals surface area contributed by atoms with Gasteiger partial charge in [0.25, 0.3) is 0 Å². The van der Waals surface area contributed by atoms with Crippen molar-refractivity contribution in [2.24, 2.45) is 0 Å². The Morgan fingerprint density at radius 1 is 1.28 bits per heavy atom. The lowest BCUT2D eigenvalue weighted by Gasteiger charge is -2.04. The Labute approximate surface area is 118 Å². The summed E-state index contributed by atoms with van der Waals surface area (Å²) in [6.45, 7) is 0. The number of ether oxygens (including phenoxy) is 1. The van der Waals surface area contributed by atoms with E-state index in [-0.39, 0.29) is 5.78 Å². The molecule has 3 nitrogen and oxygen atoms in total. The molecule has 1 heterocycles. The molecule has 0 N–H and O–H groups in total. The number of carbonyl (C=O) groups is 1. The molecular formula is C13H9BrClNO2. The second kappa shape index (κ2) is 5.50. The zero-order valence-electron chi connectivity index (χ0n) is 9.48. The van der Waals surface area contributed by atoms with E-state index in [0.29, 0.717) is 21.9 Å². The molecule has 0 aliphatic heterocycles. The lowest BCUT2D eigenvalue weighted by molar-refractivity contribution is 0.103. The molecule has 92 valence electrons. The Hall–Kier alpha value is -1.39. The van der Waals surface area contributed by atoms with Gasteiger partial charge in [-0.1, -0.05) is 11.6 Å². The highest BCUT2D eigenvalue weighted by Gasteiger charge is 2.11. The molecule has 0 unspecified atom stereocenters. The van der Waals surface area contributed by atoms with Crippen LogP contribution in [0.3, 0.4) is 0 Å². The van der Waals surface area contributed by atoms with Crippen molar-refractivity contribution < 1.29 is 9.53 Å². The van der Waals surface area contributed by atoms with Crippen molar-refractivity contribution in [2.75, 3.05) is 7.11 Å². The van der Waals surface area contributed by atoms with Gasteiger partial charge in [-0.05, 0) is 40.2 Å². The summed E-state index contributed by atoms with van der Waals surface area (Å²) in [5.74, 6) is 0.403. The van der Waals surface area contributed by atoms with E-state index < -0.39 is 0 Å². The molecule has 1 aromatic heterocycles. The maximum absolute atomic E-state index is 12.2. The maximum Gasteiger partial charge on any atom is 0.194 e. The Kier molecular flexibility index (Phi) is 3.99. The number of benzene rings is 1. The number of carbonyl (C=O) groups excluding carboxylic acids is 1. The summed E-state index contributed by atoms with van der Waals surface area (Å²) in [5, 5.41) is 0.497. The normalized spacial score (nSPS) is 10.2. The van der Waals surface area contributed by atoms with Crippen molar-refractivity contribution in [1.82, 2.24) is 4.98 Å². The van der Waals surface area contributed by atoms with Crippen LogP contribution in [0.5, 0.6) is 5.75 Å². The quantitative estimate of drug-likeness (QED) is 0.807. The summed E-state index contributed by atoms with van der Waals surface area (Å²) in [6.07, 6.45) is 3.05. The van der Waals surface area contributed by atoms with Gasteiger partial charge < -0.3 is 4.74 Å². The molecule has 0 amide bonds. The average Bonchev–Trinajstić information content (AvgIpc) is 2.41. The zero-order valence-corrected chi connectivity index (χ0v) is 11.8. The summed E-state index contributed by atoms with van der Waals surface area (Å²) in [6, 6.07) is 6.71. The van der Waals surface area contributed by atoms with Gasteiger partial charge in [-0.25, -0.2) is 0 Å². The van der Waals surface area contributed by atoms with Crippen LogP contribution >= 0.6 is 27.5 Å². The van der Waals surface area contributed by atoms with Crippen molar-refractivity contribution in [3.8, 4) is 5.75 Å². The summed E-state index contributed by atoms with van der Waals surface area (Å²) in [5.41, 5.74) is 0.978. The van der Waals surface area contributed by atoms with Crippen LogP contribution in [-0.2, 0) is 0 Å². The van der Waals surface area contributed by atoms with Crippen LogP contribution < -0.4 is 4.74 Å². The topological polar surface area (TPSA) is 39.2 Å². The standard InChI is InChI=1S/C13H9BrClNO2/c1-18-10-4-9(6-16-7-10)13(17)8-2-3-11(14)12(15)5-8/h2-7H,1H3. The Morgan fingerprint density at radius 2 is 2.06 bits per heavy atom. The third-order valence-electron chi connectivity index (χ3n) is 2.39. The van der Waals surface area contributed by atoms with E-state index in [1.54, 1.807) is 30.5 Å². The fraction of sp³-hybridized carbons (Fsp3) is 0.0769. The SMILES string of the molecule is COc1cncc(C(=O)c2ccc(Br)c(Cl)c2)c1. The van der Waals surface area contributed by atoms with Crippen molar-refractivity contribution in [1.29, 1.82) is 0 Å². The number of nitrogens with zero attached hydrogens (tertiary/aromatic N) is 1. The minimum Gasteiger partial charge on any atom is -0.495 e. The van der Waals surface area contributed by atoms with E-state index in [9.17, 15) is 4.79 Å². The highest BCUT2D eigenvalue weighted by molar-refractivity contribution is 9.10. The summed E-state index contributed by atoms with van der Waals surface area (Å²) in [7, 11) is 1.53. The van der Waals surface area contributed by atoms with E-state index in [2.05, 4.69) is 20.9 Å². The minimum absolute atomic E-state index is 0.143. The molecule has 0 fully saturated rings. The monoisotopic (exact) mass is 325 g/mol. The molecule has 0 bridgehead atoms. The first kappa shape index (κ1) is 13.1. The molecule has 0 aliphatic carbocycles. The number of ketones is 1. The summed E-state index contributed by atoms with van der Waals surface area (Å²) < 4.78 is 5.79. The number of aromatic nitrogens is 1. The lowest BCUT2D eigenvalue weighted by Crippen LogP contribution is -2.02. The number of methoxy groups -OCH3 is 1. The maximum atomic E-state index is 12.2. The van der Waals surface area contributed by atoms with Crippen LogP contribution in [0.1, 0.15) is 15.9 Å². The number of rotatable bonds is 3. The second-order valence-electron chi connectivity index (χ2n) is 3.57. The highest BCUT2D eigenvalue weighted by Crippen LogP contribution is 2.24. The number of hydrogen-bond donors (Lipinski definition) is 0. The first-order valence-corrected chi connectivity index (χ1v) is 6.27. The predicted molar refractivity (Wildman–Crippen MR) is 73.4 cm³/mol. The average molecular weight is 327 g/mol. The Bertz CT molecular complexity index is 601. The van der Waals surface area contributed by atoms with Crippen LogP contribution in [0.15, 0.2) is 41.1 Å². The van der Waals surface area contributed by atoms with Gasteiger partial charge in [0.05, 0.1) is 18.3 Å². The van der Waals surface area contributed by atoms with Gasteiger partial charge in [0.15, 0.2) is 5.78 Å². The fourth-order valence-electron chi connectivity index (χ4n) is 1.46. The molecule has 18 heavy (non-hydrogen) atoms. The van der Waals surface area contributed by atoms with Gasteiger partial charge in [-0.3, -0.25) is 9.78 Å². The third-order valence-corrected chi connectivity index (χ3v) is 3.63. The molecule has 1 aromatic carbocycles. The van der Waals surface area contributed by atoms with Crippen molar-refractivity contribution in [3.05, 3.63) is 57.3 Å². The van der Waals surface area contributed by atoms with E-state index in [4.69, 9.17) is 16.3 Å². The fourth-order valence-corrected chi connectivity index (χ4v) is 1.89. The van der Waals surface area contributed by atoms with E-state index >= 15 is 0 Å². The van der Waals surface area contributed by atoms with Crippen molar-refractivity contribution in [3.63, 3.8) is 0 Å². The number of hydrogen-bond acceptors (Lipinski definition) is 3. The molecule has 0 saturated carbocycles. The van der Waals surface area contributed by atoms with Gasteiger partial charge in [0.2, 0.25) is 0 Å². The van der Waals surface area contributed by atoms with Gasteiger partial charge in [-0.15, -0.1) is 0 Å². The highest BCUT2D eigenvalue weighted by atomic mass is 79.9.